The number of fused-ring (bicyclic) bond motifs is 1. The number of aromatic nitrogens is 2. The summed E-state index contributed by atoms with van der Waals surface area (Å²) in [6.45, 7) is 5.43. The average molecular weight is 398 g/mol. The van der Waals surface area contributed by atoms with Crippen LogP contribution in [0.5, 0.6) is 0 Å². The Kier molecular flexibility index (Phi) is 5.94. The number of hydrogen-bond acceptors (Lipinski definition) is 2. The minimum atomic E-state index is -0.0226. The topological polar surface area (TPSA) is 46.9 Å². The van der Waals surface area contributed by atoms with E-state index >= 15 is 0 Å². The van der Waals surface area contributed by atoms with Gasteiger partial charge in [-0.25, -0.2) is 0 Å². The summed E-state index contributed by atoms with van der Waals surface area (Å²) < 4.78 is 1.98. The molecule has 30 heavy (non-hydrogen) atoms. The maximum Gasteiger partial charge on any atom is 0.251 e. The molecule has 4 rings (SSSR count). The van der Waals surface area contributed by atoms with Crippen LogP contribution in [0, 0.1) is 13.8 Å². The highest BCUT2D eigenvalue weighted by Crippen LogP contribution is 2.19. The summed E-state index contributed by atoms with van der Waals surface area (Å²) in [6.07, 6.45) is 1.86. The van der Waals surface area contributed by atoms with Crippen molar-refractivity contribution in [2.75, 3.05) is 6.54 Å². The van der Waals surface area contributed by atoms with E-state index in [4.69, 9.17) is 0 Å². The Labute approximate surface area is 177 Å². The van der Waals surface area contributed by atoms with Gasteiger partial charge in [-0.05, 0) is 66.8 Å². The zero-order valence-electron chi connectivity index (χ0n) is 17.6. The lowest BCUT2D eigenvalue weighted by Crippen LogP contribution is -2.24. The lowest BCUT2D eigenvalue weighted by Gasteiger charge is -2.09. The van der Waals surface area contributed by atoms with Gasteiger partial charge in [0.05, 0.1) is 12.2 Å². The highest BCUT2D eigenvalue weighted by atomic mass is 16.1. The van der Waals surface area contributed by atoms with Gasteiger partial charge >= 0.3 is 0 Å². The predicted octanol–water partition coefficient (Wildman–Crippen LogP) is 5.06. The summed E-state index contributed by atoms with van der Waals surface area (Å²) in [7, 11) is 0. The van der Waals surface area contributed by atoms with Gasteiger partial charge in [-0.1, -0.05) is 54.6 Å². The number of hydrogen-bond donors (Lipinski definition) is 1. The lowest BCUT2D eigenvalue weighted by atomic mass is 10.0. The fraction of sp³-hybridized carbons (Fsp3) is 0.231. The number of carbonyl (C=O) groups excluding carboxylic acids is 1. The van der Waals surface area contributed by atoms with Crippen LogP contribution in [0.15, 0.2) is 72.8 Å². The zero-order valence-corrected chi connectivity index (χ0v) is 17.6. The number of amides is 1. The molecule has 0 saturated heterocycles. The van der Waals surface area contributed by atoms with Gasteiger partial charge in [0, 0.05) is 17.8 Å². The van der Waals surface area contributed by atoms with Crippen molar-refractivity contribution in [3.05, 3.63) is 101 Å². The van der Waals surface area contributed by atoms with Crippen molar-refractivity contribution in [3.63, 3.8) is 0 Å². The van der Waals surface area contributed by atoms with E-state index in [1.807, 2.05) is 35.9 Å². The molecule has 0 bridgehead atoms. The molecule has 4 heteroatoms. The number of nitrogens with one attached hydrogen (secondary N) is 1. The number of benzene rings is 3. The number of aryl methyl sites for hydroxylation is 3. The van der Waals surface area contributed by atoms with Crippen molar-refractivity contribution in [3.8, 4) is 0 Å². The van der Waals surface area contributed by atoms with E-state index in [9.17, 15) is 4.79 Å². The molecule has 0 fully saturated rings. The van der Waals surface area contributed by atoms with E-state index in [-0.39, 0.29) is 5.91 Å². The summed E-state index contributed by atoms with van der Waals surface area (Å²) >= 11 is 0. The molecule has 4 nitrogen and oxygen atoms in total. The first-order valence-electron chi connectivity index (χ1n) is 10.4. The predicted molar refractivity (Wildman–Crippen MR) is 122 cm³/mol. The molecule has 4 aromatic rings. The van der Waals surface area contributed by atoms with Crippen molar-refractivity contribution < 1.29 is 4.79 Å². The summed E-state index contributed by atoms with van der Waals surface area (Å²) in [6, 6.07) is 24.7. The summed E-state index contributed by atoms with van der Waals surface area (Å²) in [4.78, 5) is 12.5. The minimum Gasteiger partial charge on any atom is -0.352 e. The first kappa shape index (κ1) is 19.9. The number of rotatable bonds is 7. The van der Waals surface area contributed by atoms with Crippen LogP contribution in [-0.4, -0.2) is 22.2 Å². The Bertz CT molecular complexity index is 1150. The highest BCUT2D eigenvalue weighted by Gasteiger charge is 2.07. The SMILES string of the molecule is Cc1cc(C)n(Cc2ccc(C(=O)NCCCc3cccc4ccccc34)cc2)n1. The Balaban J connectivity index is 1.29. The van der Waals surface area contributed by atoms with Gasteiger partial charge in [-0.15, -0.1) is 0 Å². The molecule has 3 aromatic carbocycles. The normalized spacial score (nSPS) is 11.0. The quantitative estimate of drug-likeness (QED) is 0.443. The van der Waals surface area contributed by atoms with E-state index in [1.165, 1.54) is 16.3 Å². The van der Waals surface area contributed by atoms with Crippen LogP contribution in [0.1, 0.15) is 39.3 Å². The first-order valence-corrected chi connectivity index (χ1v) is 10.4. The average Bonchev–Trinajstić information content (AvgIpc) is 3.08. The van der Waals surface area contributed by atoms with Gasteiger partial charge in [-0.3, -0.25) is 9.48 Å². The Hall–Kier alpha value is -3.40. The van der Waals surface area contributed by atoms with E-state index in [2.05, 4.69) is 65.9 Å². The molecular formula is C26H27N3O. The molecule has 0 aliphatic carbocycles. The van der Waals surface area contributed by atoms with E-state index in [0.29, 0.717) is 18.7 Å². The van der Waals surface area contributed by atoms with Crippen LogP contribution in [0.2, 0.25) is 0 Å². The standard InChI is InChI=1S/C26H27N3O/c1-19-17-20(2)29(28-19)18-21-12-14-24(15-13-21)26(30)27-16-6-10-23-9-5-8-22-7-3-4-11-25(22)23/h3-5,7-9,11-15,17H,6,10,16,18H2,1-2H3,(H,27,30). The van der Waals surface area contributed by atoms with Crippen LogP contribution in [0.3, 0.4) is 0 Å². The molecule has 0 saturated carbocycles. The van der Waals surface area contributed by atoms with Crippen molar-refractivity contribution in [2.24, 2.45) is 0 Å². The second-order valence-corrected chi connectivity index (χ2v) is 7.78. The molecule has 0 atom stereocenters. The van der Waals surface area contributed by atoms with Crippen LogP contribution in [0.25, 0.3) is 10.8 Å². The van der Waals surface area contributed by atoms with Crippen molar-refractivity contribution >= 4 is 16.7 Å². The Morgan fingerprint density at radius 2 is 1.73 bits per heavy atom. The molecule has 0 aliphatic rings. The van der Waals surface area contributed by atoms with E-state index in [1.54, 1.807) is 0 Å². The molecule has 1 aromatic heterocycles. The second-order valence-electron chi connectivity index (χ2n) is 7.78. The zero-order chi connectivity index (χ0) is 20.9. The smallest absolute Gasteiger partial charge is 0.251 e. The van der Waals surface area contributed by atoms with Crippen molar-refractivity contribution in [1.82, 2.24) is 15.1 Å². The summed E-state index contributed by atoms with van der Waals surface area (Å²) in [5.41, 5.74) is 5.31. The summed E-state index contributed by atoms with van der Waals surface area (Å²) in [5.74, 6) is -0.0226. The molecule has 1 heterocycles. The molecule has 0 aliphatic heterocycles. The monoisotopic (exact) mass is 397 g/mol. The van der Waals surface area contributed by atoms with Crippen molar-refractivity contribution in [1.29, 1.82) is 0 Å². The Morgan fingerprint density at radius 3 is 2.50 bits per heavy atom. The minimum absolute atomic E-state index is 0.0226. The maximum absolute atomic E-state index is 12.5. The summed E-state index contributed by atoms with van der Waals surface area (Å²) in [5, 5.41) is 10.1. The third-order valence-electron chi connectivity index (χ3n) is 5.44. The van der Waals surface area contributed by atoms with Gasteiger partial charge in [0.25, 0.3) is 5.91 Å². The fourth-order valence-corrected chi connectivity index (χ4v) is 3.86. The van der Waals surface area contributed by atoms with Gasteiger partial charge in [0.1, 0.15) is 0 Å². The van der Waals surface area contributed by atoms with Crippen LogP contribution < -0.4 is 5.32 Å². The van der Waals surface area contributed by atoms with E-state index in [0.717, 1.165) is 29.8 Å². The highest BCUT2D eigenvalue weighted by molar-refractivity contribution is 5.94. The van der Waals surface area contributed by atoms with Crippen molar-refractivity contribution in [2.45, 2.75) is 33.2 Å². The second kappa shape index (κ2) is 8.95. The van der Waals surface area contributed by atoms with Crippen LogP contribution >= 0.6 is 0 Å². The number of carbonyl (C=O) groups is 1. The fourth-order valence-electron chi connectivity index (χ4n) is 3.86. The molecule has 0 spiro atoms. The largest absolute Gasteiger partial charge is 0.352 e. The Morgan fingerprint density at radius 1 is 0.967 bits per heavy atom. The number of nitrogens with zero attached hydrogens (tertiary/aromatic N) is 2. The van der Waals surface area contributed by atoms with Gasteiger partial charge in [0.2, 0.25) is 0 Å². The molecule has 0 radical (unpaired) electrons. The molecule has 0 unspecified atom stereocenters. The molecule has 1 N–H and O–H groups in total. The molecular weight excluding hydrogens is 370 g/mol. The van der Waals surface area contributed by atoms with E-state index < -0.39 is 0 Å². The lowest BCUT2D eigenvalue weighted by molar-refractivity contribution is 0.0953. The van der Waals surface area contributed by atoms with Gasteiger partial charge in [0.15, 0.2) is 0 Å². The van der Waals surface area contributed by atoms with Crippen LogP contribution in [-0.2, 0) is 13.0 Å². The van der Waals surface area contributed by atoms with Gasteiger partial charge < -0.3 is 5.32 Å². The maximum atomic E-state index is 12.5. The first-order chi connectivity index (χ1) is 14.6. The third kappa shape index (κ3) is 4.60. The molecule has 1 amide bonds. The third-order valence-corrected chi connectivity index (χ3v) is 5.44. The van der Waals surface area contributed by atoms with Gasteiger partial charge in [-0.2, -0.15) is 5.10 Å². The molecule has 152 valence electrons. The van der Waals surface area contributed by atoms with Crippen LogP contribution in [0.4, 0.5) is 0 Å².